The van der Waals surface area contributed by atoms with Gasteiger partial charge in [0.25, 0.3) is 0 Å². The van der Waals surface area contributed by atoms with Gasteiger partial charge in [0.05, 0.1) is 25.1 Å². The normalized spacial score (nSPS) is 11.7. The zero-order valence-electron chi connectivity index (χ0n) is 15.5. The monoisotopic (exact) mass is 358 g/mol. The molecule has 0 spiro atoms. The number of nitrogens with two attached hydrogens (primary N) is 1. The van der Waals surface area contributed by atoms with Gasteiger partial charge in [0.1, 0.15) is 29.9 Å². The largest absolute Gasteiger partial charge is 0.493 e. The molecule has 0 fully saturated rings. The highest BCUT2D eigenvalue weighted by Gasteiger charge is 2.22. The molecule has 0 aliphatic rings. The predicted molar refractivity (Wildman–Crippen MR) is 98.4 cm³/mol. The minimum Gasteiger partial charge on any atom is -0.493 e. The van der Waals surface area contributed by atoms with Crippen LogP contribution in [-0.4, -0.2) is 40.3 Å². The van der Waals surface area contributed by atoms with Crippen molar-refractivity contribution in [1.29, 1.82) is 0 Å². The topological polar surface area (TPSA) is 101 Å². The molecule has 0 amide bonds. The molecule has 138 valence electrons. The van der Waals surface area contributed by atoms with Crippen LogP contribution in [0.15, 0.2) is 18.5 Å². The number of carbonyl (C=O) groups is 1. The molecule has 1 aromatic carbocycles. The number of methoxy groups -OCH3 is 2. The first-order valence-electron chi connectivity index (χ1n) is 8.11. The van der Waals surface area contributed by atoms with E-state index in [4.69, 9.17) is 19.9 Å². The van der Waals surface area contributed by atoms with Crippen LogP contribution in [0.2, 0.25) is 0 Å². The first kappa shape index (κ1) is 17.8. The van der Waals surface area contributed by atoms with Crippen molar-refractivity contribution in [2.45, 2.75) is 32.9 Å². The fraction of sp³-hybridized carbons (Fsp3) is 0.389. The smallest absolute Gasteiger partial charge is 0.326 e. The summed E-state index contributed by atoms with van der Waals surface area (Å²) in [6.07, 6.45) is 1.37. The summed E-state index contributed by atoms with van der Waals surface area (Å²) < 4.78 is 18.0. The van der Waals surface area contributed by atoms with Crippen LogP contribution in [0.1, 0.15) is 20.8 Å². The van der Waals surface area contributed by atoms with Crippen molar-refractivity contribution in [1.82, 2.24) is 14.5 Å². The fourth-order valence-electron chi connectivity index (χ4n) is 2.92. The molecular weight excluding hydrogens is 336 g/mol. The van der Waals surface area contributed by atoms with Crippen molar-refractivity contribution < 1.29 is 19.0 Å². The standard InChI is InChI=1S/C18H22N4O4/c1-18(2,3)26-14(23)8-22-11-7-13(25-5)12(24-4)6-10(11)15-16(19)20-9-21-17(15)22/h6-7,9H,8H2,1-5H3,(H2,19,20,21). The summed E-state index contributed by atoms with van der Waals surface area (Å²) >= 11 is 0. The molecule has 0 aliphatic heterocycles. The molecule has 2 heterocycles. The maximum absolute atomic E-state index is 12.4. The van der Waals surface area contributed by atoms with Crippen LogP contribution < -0.4 is 15.2 Å². The number of aromatic nitrogens is 3. The van der Waals surface area contributed by atoms with E-state index in [1.165, 1.54) is 6.33 Å². The molecule has 2 N–H and O–H groups in total. The number of anilines is 1. The van der Waals surface area contributed by atoms with Gasteiger partial charge in [-0.15, -0.1) is 0 Å². The number of fused-ring (bicyclic) bond motifs is 3. The Kier molecular flexibility index (Phi) is 4.35. The van der Waals surface area contributed by atoms with E-state index in [-0.39, 0.29) is 12.5 Å². The first-order valence-corrected chi connectivity index (χ1v) is 8.11. The van der Waals surface area contributed by atoms with Crippen LogP contribution in [0.5, 0.6) is 11.5 Å². The molecule has 0 radical (unpaired) electrons. The minimum absolute atomic E-state index is 0.0107. The number of nitrogen functional groups attached to an aromatic ring is 1. The molecule has 0 bridgehead atoms. The van der Waals surface area contributed by atoms with Gasteiger partial charge in [-0.1, -0.05) is 0 Å². The number of nitrogens with zero attached hydrogens (tertiary/aromatic N) is 3. The molecule has 2 aromatic heterocycles. The highest BCUT2D eigenvalue weighted by atomic mass is 16.6. The Labute approximate surface area is 150 Å². The molecule has 0 unspecified atom stereocenters. The highest BCUT2D eigenvalue weighted by Crippen LogP contribution is 2.38. The molecule has 0 saturated heterocycles. The minimum atomic E-state index is -0.579. The van der Waals surface area contributed by atoms with Crippen LogP contribution in [0, 0.1) is 0 Å². The average Bonchev–Trinajstić information content (AvgIpc) is 2.86. The summed E-state index contributed by atoms with van der Waals surface area (Å²) in [4.78, 5) is 20.8. The Morgan fingerprint density at radius 1 is 1.15 bits per heavy atom. The van der Waals surface area contributed by atoms with Gasteiger partial charge >= 0.3 is 5.97 Å². The van der Waals surface area contributed by atoms with E-state index in [9.17, 15) is 4.79 Å². The number of hydrogen-bond donors (Lipinski definition) is 1. The lowest BCUT2D eigenvalue weighted by Gasteiger charge is -2.20. The van der Waals surface area contributed by atoms with Crippen molar-refractivity contribution in [3.05, 3.63) is 18.5 Å². The molecule has 0 atom stereocenters. The lowest BCUT2D eigenvalue weighted by atomic mass is 10.2. The zero-order chi connectivity index (χ0) is 19.1. The van der Waals surface area contributed by atoms with Gasteiger partial charge in [0.15, 0.2) is 11.5 Å². The Morgan fingerprint density at radius 2 is 1.81 bits per heavy atom. The van der Waals surface area contributed by atoms with Crippen LogP contribution in [0.4, 0.5) is 5.82 Å². The Balaban J connectivity index is 2.25. The van der Waals surface area contributed by atoms with Crippen molar-refractivity contribution in [3.8, 4) is 11.5 Å². The van der Waals surface area contributed by atoms with E-state index in [1.807, 2.05) is 26.8 Å². The zero-order valence-corrected chi connectivity index (χ0v) is 15.5. The van der Waals surface area contributed by atoms with Crippen LogP contribution in [-0.2, 0) is 16.1 Å². The van der Waals surface area contributed by atoms with Crippen molar-refractivity contribution >= 4 is 33.7 Å². The molecule has 8 heteroatoms. The summed E-state index contributed by atoms with van der Waals surface area (Å²) in [5.41, 5.74) is 6.78. The predicted octanol–water partition coefficient (Wildman–Crippen LogP) is 2.53. The second-order valence-corrected chi connectivity index (χ2v) is 6.85. The van der Waals surface area contributed by atoms with E-state index >= 15 is 0 Å². The van der Waals surface area contributed by atoms with Crippen LogP contribution >= 0.6 is 0 Å². The van der Waals surface area contributed by atoms with Crippen molar-refractivity contribution in [3.63, 3.8) is 0 Å². The van der Waals surface area contributed by atoms with Gasteiger partial charge in [0, 0.05) is 11.5 Å². The molecule has 0 saturated carbocycles. The third-order valence-corrected chi connectivity index (χ3v) is 3.88. The maximum atomic E-state index is 12.4. The summed E-state index contributed by atoms with van der Waals surface area (Å²) in [7, 11) is 3.11. The lowest BCUT2D eigenvalue weighted by molar-refractivity contribution is -0.155. The van der Waals surface area contributed by atoms with Crippen molar-refractivity contribution in [2.75, 3.05) is 20.0 Å². The first-order chi connectivity index (χ1) is 12.2. The van der Waals surface area contributed by atoms with E-state index in [1.54, 1.807) is 24.9 Å². The molecular formula is C18H22N4O4. The average molecular weight is 358 g/mol. The summed E-state index contributed by atoms with van der Waals surface area (Å²) in [6.45, 7) is 5.46. The van der Waals surface area contributed by atoms with E-state index in [0.29, 0.717) is 28.4 Å². The van der Waals surface area contributed by atoms with E-state index < -0.39 is 5.60 Å². The lowest BCUT2D eigenvalue weighted by Crippen LogP contribution is -2.26. The summed E-state index contributed by atoms with van der Waals surface area (Å²) in [5.74, 6) is 1.05. The Hall–Kier alpha value is -3.03. The third-order valence-electron chi connectivity index (χ3n) is 3.88. The summed E-state index contributed by atoms with van der Waals surface area (Å²) in [5, 5.41) is 1.44. The highest BCUT2D eigenvalue weighted by molar-refractivity contribution is 6.12. The fourth-order valence-corrected chi connectivity index (χ4v) is 2.92. The number of hydrogen-bond acceptors (Lipinski definition) is 7. The van der Waals surface area contributed by atoms with Gasteiger partial charge in [-0.2, -0.15) is 0 Å². The van der Waals surface area contributed by atoms with E-state index in [0.717, 1.165) is 10.9 Å². The van der Waals surface area contributed by atoms with Gasteiger partial charge in [-0.25, -0.2) is 9.97 Å². The van der Waals surface area contributed by atoms with Gasteiger partial charge < -0.3 is 24.5 Å². The quantitative estimate of drug-likeness (QED) is 0.715. The molecule has 8 nitrogen and oxygen atoms in total. The second kappa shape index (κ2) is 6.36. The Morgan fingerprint density at radius 3 is 2.42 bits per heavy atom. The maximum Gasteiger partial charge on any atom is 0.326 e. The van der Waals surface area contributed by atoms with Crippen LogP contribution in [0.25, 0.3) is 21.9 Å². The summed E-state index contributed by atoms with van der Waals surface area (Å²) in [6, 6.07) is 3.60. The molecule has 3 aromatic rings. The SMILES string of the molecule is COc1cc2c3c(N)ncnc3n(CC(=O)OC(C)(C)C)c2cc1OC. The number of benzene rings is 1. The molecule has 0 aliphatic carbocycles. The van der Waals surface area contributed by atoms with Crippen molar-refractivity contribution in [2.24, 2.45) is 0 Å². The van der Waals surface area contributed by atoms with E-state index in [2.05, 4.69) is 9.97 Å². The van der Waals surface area contributed by atoms with Gasteiger partial charge in [0.2, 0.25) is 0 Å². The molecule has 26 heavy (non-hydrogen) atoms. The van der Waals surface area contributed by atoms with Gasteiger partial charge in [-0.05, 0) is 26.8 Å². The number of rotatable bonds is 4. The number of carbonyl (C=O) groups excluding carboxylic acids is 1. The van der Waals surface area contributed by atoms with Crippen LogP contribution in [0.3, 0.4) is 0 Å². The Bertz CT molecular complexity index is 988. The second-order valence-electron chi connectivity index (χ2n) is 6.85. The third kappa shape index (κ3) is 3.10. The van der Waals surface area contributed by atoms with Gasteiger partial charge in [-0.3, -0.25) is 4.79 Å². The number of ether oxygens (including phenoxy) is 3. The molecule has 3 rings (SSSR count). The number of esters is 1.